The summed E-state index contributed by atoms with van der Waals surface area (Å²) in [6.07, 6.45) is 2.57. The van der Waals surface area contributed by atoms with Gasteiger partial charge in [0.15, 0.2) is 0 Å². The van der Waals surface area contributed by atoms with Crippen molar-refractivity contribution in [2.45, 2.75) is 31.8 Å². The number of aliphatic hydroxyl groups is 1. The molecular formula is C19H20ClN3O3S. The van der Waals surface area contributed by atoms with Gasteiger partial charge in [-0.3, -0.25) is 9.59 Å². The van der Waals surface area contributed by atoms with Crippen LogP contribution in [0.2, 0.25) is 4.34 Å². The zero-order valence-electron chi connectivity index (χ0n) is 14.9. The van der Waals surface area contributed by atoms with Crippen LogP contribution < -0.4 is 4.90 Å². The average molecular weight is 406 g/mol. The highest BCUT2D eigenvalue weighted by molar-refractivity contribution is 7.15. The summed E-state index contributed by atoms with van der Waals surface area (Å²) in [6.45, 7) is 3.34. The third-order valence-electron chi connectivity index (χ3n) is 5.49. The van der Waals surface area contributed by atoms with Gasteiger partial charge in [-0.2, -0.15) is 0 Å². The number of anilines is 1. The van der Waals surface area contributed by atoms with E-state index < -0.39 is 0 Å². The van der Waals surface area contributed by atoms with Crippen LogP contribution in [0.5, 0.6) is 0 Å². The smallest absolute Gasteiger partial charge is 0.233 e. The second kappa shape index (κ2) is 6.89. The number of hydrogen-bond donors (Lipinski definition) is 1. The molecule has 1 N–H and O–H groups in total. The molecule has 1 aromatic carbocycles. The number of halogens is 1. The second-order valence-corrected chi connectivity index (χ2v) is 8.94. The van der Waals surface area contributed by atoms with Crippen LogP contribution in [0, 0.1) is 0 Å². The summed E-state index contributed by atoms with van der Waals surface area (Å²) >= 11 is 7.24. The van der Waals surface area contributed by atoms with Gasteiger partial charge in [0, 0.05) is 37.7 Å². The molecule has 3 heterocycles. The molecule has 8 heteroatoms. The van der Waals surface area contributed by atoms with Crippen molar-refractivity contribution >= 4 is 40.4 Å². The molecule has 4 rings (SSSR count). The Labute approximate surface area is 166 Å². The summed E-state index contributed by atoms with van der Waals surface area (Å²) in [4.78, 5) is 32.7. The Morgan fingerprint density at radius 1 is 1.37 bits per heavy atom. The van der Waals surface area contributed by atoms with Gasteiger partial charge in [-0.05, 0) is 23.6 Å². The summed E-state index contributed by atoms with van der Waals surface area (Å²) in [7, 11) is 0. The first-order valence-electron chi connectivity index (χ1n) is 8.82. The Morgan fingerprint density at radius 3 is 2.81 bits per heavy atom. The van der Waals surface area contributed by atoms with Crippen molar-refractivity contribution in [2.75, 3.05) is 24.5 Å². The van der Waals surface area contributed by atoms with Gasteiger partial charge in [0.1, 0.15) is 9.34 Å². The van der Waals surface area contributed by atoms with E-state index in [9.17, 15) is 14.7 Å². The number of benzene rings is 1. The number of rotatable bonds is 3. The maximum absolute atomic E-state index is 13.0. The van der Waals surface area contributed by atoms with Crippen LogP contribution in [0.15, 0.2) is 24.4 Å². The molecule has 0 radical (unpaired) electrons. The van der Waals surface area contributed by atoms with E-state index in [1.54, 1.807) is 18.0 Å². The monoisotopic (exact) mass is 405 g/mol. The predicted octanol–water partition coefficient (Wildman–Crippen LogP) is 2.37. The van der Waals surface area contributed by atoms with Crippen molar-refractivity contribution in [1.82, 2.24) is 9.88 Å². The predicted molar refractivity (Wildman–Crippen MR) is 104 cm³/mol. The summed E-state index contributed by atoms with van der Waals surface area (Å²) in [5, 5.41) is 10.2. The lowest BCUT2D eigenvalue weighted by Crippen LogP contribution is -2.40. The topological polar surface area (TPSA) is 73.7 Å². The van der Waals surface area contributed by atoms with Crippen molar-refractivity contribution in [3.8, 4) is 0 Å². The van der Waals surface area contributed by atoms with Crippen LogP contribution in [0.3, 0.4) is 0 Å². The fraction of sp³-hybridized carbons (Fsp3) is 0.421. The maximum Gasteiger partial charge on any atom is 0.233 e. The van der Waals surface area contributed by atoms with Gasteiger partial charge in [0.25, 0.3) is 0 Å². The molecule has 2 aromatic rings. The van der Waals surface area contributed by atoms with Gasteiger partial charge in [0.2, 0.25) is 11.8 Å². The largest absolute Gasteiger partial charge is 0.392 e. The summed E-state index contributed by atoms with van der Waals surface area (Å²) in [6, 6.07) is 5.72. The van der Waals surface area contributed by atoms with Crippen molar-refractivity contribution < 1.29 is 14.7 Å². The van der Waals surface area contributed by atoms with Crippen LogP contribution in [0.4, 0.5) is 5.69 Å². The fourth-order valence-corrected chi connectivity index (χ4v) is 5.07. The highest BCUT2D eigenvalue weighted by atomic mass is 35.5. The summed E-state index contributed by atoms with van der Waals surface area (Å²) < 4.78 is 0.566. The lowest BCUT2D eigenvalue weighted by molar-refractivity contribution is -0.127. The Kier molecular flexibility index (Phi) is 4.70. The zero-order valence-corrected chi connectivity index (χ0v) is 16.5. The molecule has 2 amide bonds. The lowest BCUT2D eigenvalue weighted by Gasteiger charge is -2.25. The first-order valence-corrected chi connectivity index (χ1v) is 10.0. The Bertz CT molecular complexity index is 915. The molecule has 0 bridgehead atoms. The van der Waals surface area contributed by atoms with Crippen LogP contribution in [-0.2, 0) is 28.0 Å². The Morgan fingerprint density at radius 2 is 2.19 bits per heavy atom. The molecule has 1 aromatic heterocycles. The van der Waals surface area contributed by atoms with Gasteiger partial charge in [-0.1, -0.05) is 23.7 Å². The van der Waals surface area contributed by atoms with E-state index in [0.717, 1.165) is 23.2 Å². The SMILES string of the molecule is CC(=O)N1CCC2(C1)CN(C(=O)Cc1ncc(Cl)s1)c1ccc(CO)cc12. The van der Waals surface area contributed by atoms with Crippen LogP contribution >= 0.6 is 22.9 Å². The number of aromatic nitrogens is 1. The van der Waals surface area contributed by atoms with E-state index in [1.165, 1.54) is 11.3 Å². The van der Waals surface area contributed by atoms with E-state index in [4.69, 9.17) is 11.6 Å². The van der Waals surface area contributed by atoms with Crippen molar-refractivity contribution in [1.29, 1.82) is 0 Å². The van der Waals surface area contributed by atoms with Crippen LogP contribution in [-0.4, -0.2) is 46.4 Å². The molecule has 1 atom stereocenters. The minimum Gasteiger partial charge on any atom is -0.392 e. The summed E-state index contributed by atoms with van der Waals surface area (Å²) in [5.74, 6) is 0.0195. The molecule has 2 aliphatic rings. The van der Waals surface area contributed by atoms with E-state index in [0.29, 0.717) is 29.0 Å². The van der Waals surface area contributed by atoms with Gasteiger partial charge in [-0.25, -0.2) is 4.98 Å². The molecule has 1 saturated heterocycles. The van der Waals surface area contributed by atoms with Gasteiger partial charge < -0.3 is 14.9 Å². The third kappa shape index (κ3) is 3.24. The minimum absolute atomic E-state index is 0.0304. The standard InChI is InChI=1S/C19H20ClN3O3S/c1-12(25)22-5-4-19(10-22)11-23(15-3-2-13(9-24)6-14(15)19)18(26)7-17-21-8-16(20)27-17/h2-3,6,8,24H,4-5,7,9-11H2,1H3. The normalized spacial score (nSPS) is 21.1. The molecular weight excluding hydrogens is 386 g/mol. The number of fused-ring (bicyclic) bond motifs is 2. The number of aliphatic hydroxyl groups excluding tert-OH is 1. The number of likely N-dealkylation sites (tertiary alicyclic amines) is 1. The summed E-state index contributed by atoms with van der Waals surface area (Å²) in [5.41, 5.74) is 2.45. The molecule has 6 nitrogen and oxygen atoms in total. The highest BCUT2D eigenvalue weighted by Gasteiger charge is 2.49. The van der Waals surface area contributed by atoms with E-state index in [-0.39, 0.29) is 30.3 Å². The minimum atomic E-state index is -0.275. The van der Waals surface area contributed by atoms with Crippen molar-refractivity contribution in [2.24, 2.45) is 0 Å². The lowest BCUT2D eigenvalue weighted by atomic mass is 9.81. The van der Waals surface area contributed by atoms with E-state index in [2.05, 4.69) is 4.98 Å². The molecule has 142 valence electrons. The quantitative estimate of drug-likeness (QED) is 0.850. The number of hydrogen-bond acceptors (Lipinski definition) is 5. The highest BCUT2D eigenvalue weighted by Crippen LogP contribution is 2.47. The number of carbonyl (C=O) groups excluding carboxylic acids is 2. The Balaban J connectivity index is 1.67. The van der Waals surface area contributed by atoms with E-state index >= 15 is 0 Å². The van der Waals surface area contributed by atoms with Gasteiger partial charge >= 0.3 is 0 Å². The second-order valence-electron chi connectivity index (χ2n) is 7.20. The van der Waals surface area contributed by atoms with E-state index in [1.807, 2.05) is 23.1 Å². The number of thiazole rings is 1. The first-order chi connectivity index (χ1) is 12.9. The molecule has 27 heavy (non-hydrogen) atoms. The van der Waals surface area contributed by atoms with Crippen molar-refractivity contribution in [3.05, 3.63) is 44.9 Å². The fourth-order valence-electron chi connectivity index (χ4n) is 4.12. The molecule has 0 saturated carbocycles. The molecule has 1 fully saturated rings. The third-order valence-corrected chi connectivity index (χ3v) is 6.61. The van der Waals surface area contributed by atoms with Crippen molar-refractivity contribution in [3.63, 3.8) is 0 Å². The van der Waals surface area contributed by atoms with Crippen LogP contribution in [0.25, 0.3) is 0 Å². The Hall–Kier alpha value is -1.96. The molecule has 1 unspecified atom stereocenters. The molecule has 1 spiro atoms. The number of amides is 2. The first kappa shape index (κ1) is 18.4. The molecule has 0 aliphatic carbocycles. The zero-order chi connectivity index (χ0) is 19.2. The van der Waals surface area contributed by atoms with Crippen LogP contribution in [0.1, 0.15) is 29.5 Å². The number of nitrogens with zero attached hydrogens (tertiary/aromatic N) is 3. The number of carbonyl (C=O) groups is 2. The maximum atomic E-state index is 13.0. The van der Waals surface area contributed by atoms with Gasteiger partial charge in [0.05, 0.1) is 19.2 Å². The van der Waals surface area contributed by atoms with Gasteiger partial charge in [-0.15, -0.1) is 11.3 Å². The average Bonchev–Trinajstić information content (AvgIpc) is 3.34. The molecule has 2 aliphatic heterocycles.